The van der Waals surface area contributed by atoms with Crippen LogP contribution in [0.1, 0.15) is 0 Å². The number of aromatic nitrogens is 1. The van der Waals surface area contributed by atoms with Gasteiger partial charge in [0.25, 0.3) is 0 Å². The van der Waals surface area contributed by atoms with Crippen LogP contribution in [0.3, 0.4) is 0 Å². The molecule has 0 N–H and O–H groups in total. The molecule has 1 nitrogen and oxygen atoms in total. The lowest BCUT2D eigenvalue weighted by Crippen LogP contribution is -1.76. The maximum Gasteiger partial charge on any atom is 0.0646 e. The molecule has 0 aliphatic carbocycles. The van der Waals surface area contributed by atoms with Crippen molar-refractivity contribution in [2.45, 2.75) is 0 Å². The van der Waals surface area contributed by atoms with Crippen molar-refractivity contribution in [2.75, 3.05) is 0 Å². The zero-order valence-electron chi connectivity index (χ0n) is 11.0. The molecule has 0 saturated carbocycles. The second kappa shape index (κ2) is 4.21. The molecule has 5 rings (SSSR count). The third-order valence-electron chi connectivity index (χ3n) is 4.12. The predicted octanol–water partition coefficient (Wildman–Crippen LogP) is 6.36. The van der Waals surface area contributed by atoms with Crippen LogP contribution in [0.4, 0.5) is 0 Å². The quantitative estimate of drug-likeness (QED) is 0.267. The molecular formula is C18H10INS. The number of benzene rings is 3. The van der Waals surface area contributed by atoms with Crippen LogP contribution in [-0.2, 0) is 0 Å². The van der Waals surface area contributed by atoms with Gasteiger partial charge >= 0.3 is 0 Å². The van der Waals surface area contributed by atoms with Crippen molar-refractivity contribution in [3.05, 3.63) is 60.7 Å². The Morgan fingerprint density at radius 3 is 2.33 bits per heavy atom. The monoisotopic (exact) mass is 399 g/mol. The van der Waals surface area contributed by atoms with Crippen LogP contribution in [0, 0.1) is 0 Å². The largest absolute Gasteiger partial charge is 0.282 e. The summed E-state index contributed by atoms with van der Waals surface area (Å²) in [4.78, 5) is 0. The summed E-state index contributed by atoms with van der Waals surface area (Å²) >= 11 is 4.29. The standard InChI is InChI=1S/C18H10INS/c19-20-13-7-3-1-5-11(13)17-14(20)9-10-16-18(17)12-6-2-4-8-15(12)21-16/h1-10H. The first kappa shape index (κ1) is 12.0. The molecule has 0 bridgehead atoms. The summed E-state index contributed by atoms with van der Waals surface area (Å²) in [6.45, 7) is 0. The number of halogens is 1. The lowest BCUT2D eigenvalue weighted by Gasteiger charge is -1.97. The Morgan fingerprint density at radius 2 is 1.43 bits per heavy atom. The smallest absolute Gasteiger partial charge is 0.0646 e. The fourth-order valence-electron chi connectivity index (χ4n) is 3.23. The molecule has 0 amide bonds. The van der Waals surface area contributed by atoms with Gasteiger partial charge in [0.2, 0.25) is 0 Å². The van der Waals surface area contributed by atoms with Gasteiger partial charge in [-0.1, -0.05) is 36.4 Å². The summed E-state index contributed by atoms with van der Waals surface area (Å²) in [6.07, 6.45) is 0. The highest BCUT2D eigenvalue weighted by Crippen LogP contribution is 2.42. The van der Waals surface area contributed by atoms with E-state index in [2.05, 4.69) is 86.3 Å². The molecular weight excluding hydrogens is 389 g/mol. The Kier molecular flexibility index (Phi) is 2.41. The molecule has 100 valence electrons. The second-order valence-electron chi connectivity index (χ2n) is 5.23. The molecule has 2 aromatic heterocycles. The maximum absolute atomic E-state index is 2.41. The molecule has 3 heteroatoms. The molecule has 2 heterocycles. The average Bonchev–Trinajstić information content (AvgIpc) is 3.04. The van der Waals surface area contributed by atoms with Gasteiger partial charge in [-0.25, -0.2) is 0 Å². The fourth-order valence-corrected chi connectivity index (χ4v) is 5.16. The molecule has 0 saturated heterocycles. The van der Waals surface area contributed by atoms with Crippen molar-refractivity contribution in [2.24, 2.45) is 0 Å². The van der Waals surface area contributed by atoms with Crippen molar-refractivity contribution in [3.63, 3.8) is 0 Å². The SMILES string of the molecule is In1c2ccccc2c2c3c(ccc21)sc1ccccc13. The van der Waals surface area contributed by atoms with Gasteiger partial charge in [0.1, 0.15) is 0 Å². The highest BCUT2D eigenvalue weighted by Gasteiger charge is 2.14. The van der Waals surface area contributed by atoms with Gasteiger partial charge in [-0.15, -0.1) is 11.3 Å². The first-order chi connectivity index (χ1) is 10.3. The molecule has 5 aromatic rings. The zero-order chi connectivity index (χ0) is 14.0. The number of hydrogen-bond donors (Lipinski definition) is 0. The number of fused-ring (bicyclic) bond motifs is 7. The Hall–Kier alpha value is -1.59. The van der Waals surface area contributed by atoms with E-state index in [1.165, 1.54) is 42.0 Å². The van der Waals surface area contributed by atoms with Gasteiger partial charge in [-0.2, -0.15) is 0 Å². The highest BCUT2D eigenvalue weighted by molar-refractivity contribution is 14.1. The Bertz CT molecular complexity index is 1150. The number of hydrogen-bond acceptors (Lipinski definition) is 1. The van der Waals surface area contributed by atoms with Crippen LogP contribution >= 0.6 is 34.2 Å². The minimum absolute atomic E-state index is 1.29. The third kappa shape index (κ3) is 1.50. The van der Waals surface area contributed by atoms with E-state index in [1.807, 2.05) is 11.3 Å². The maximum atomic E-state index is 2.41. The van der Waals surface area contributed by atoms with Crippen molar-refractivity contribution >= 4 is 76.2 Å². The lowest BCUT2D eigenvalue weighted by atomic mass is 10.1. The molecule has 0 atom stereocenters. The van der Waals surface area contributed by atoms with Gasteiger partial charge in [0, 0.05) is 30.9 Å². The lowest BCUT2D eigenvalue weighted by molar-refractivity contribution is 1.50. The topological polar surface area (TPSA) is 4.93 Å². The third-order valence-corrected chi connectivity index (χ3v) is 6.29. The number of rotatable bonds is 0. The highest BCUT2D eigenvalue weighted by atomic mass is 127. The van der Waals surface area contributed by atoms with Gasteiger partial charge < -0.3 is 0 Å². The van der Waals surface area contributed by atoms with Crippen LogP contribution in [0.5, 0.6) is 0 Å². The van der Waals surface area contributed by atoms with E-state index in [9.17, 15) is 0 Å². The van der Waals surface area contributed by atoms with E-state index in [4.69, 9.17) is 0 Å². The van der Waals surface area contributed by atoms with Crippen molar-refractivity contribution in [3.8, 4) is 0 Å². The molecule has 0 aliphatic rings. The molecule has 0 radical (unpaired) electrons. The summed E-state index contributed by atoms with van der Waals surface area (Å²) in [6, 6.07) is 21.9. The number of para-hydroxylation sites is 1. The van der Waals surface area contributed by atoms with E-state index in [0.29, 0.717) is 0 Å². The first-order valence-electron chi connectivity index (χ1n) is 6.84. The zero-order valence-corrected chi connectivity index (χ0v) is 14.0. The Morgan fingerprint density at radius 1 is 0.667 bits per heavy atom. The molecule has 21 heavy (non-hydrogen) atoms. The van der Waals surface area contributed by atoms with Crippen molar-refractivity contribution < 1.29 is 0 Å². The van der Waals surface area contributed by atoms with E-state index in [0.717, 1.165) is 0 Å². The minimum Gasteiger partial charge on any atom is -0.282 e. The van der Waals surface area contributed by atoms with E-state index < -0.39 is 0 Å². The van der Waals surface area contributed by atoms with Crippen LogP contribution in [0.15, 0.2) is 60.7 Å². The fraction of sp³-hybridized carbons (Fsp3) is 0. The number of nitrogens with zero attached hydrogens (tertiary/aromatic N) is 1. The van der Waals surface area contributed by atoms with Gasteiger partial charge in [0.15, 0.2) is 0 Å². The predicted molar refractivity (Wildman–Crippen MR) is 102 cm³/mol. The van der Waals surface area contributed by atoms with Gasteiger partial charge in [-0.3, -0.25) is 2.78 Å². The normalized spacial score (nSPS) is 12.0. The average molecular weight is 399 g/mol. The first-order valence-corrected chi connectivity index (χ1v) is 8.62. The molecule has 0 fully saturated rings. The molecule has 0 unspecified atom stereocenters. The minimum atomic E-state index is 1.29. The summed E-state index contributed by atoms with van der Waals surface area (Å²) in [5.41, 5.74) is 2.59. The summed E-state index contributed by atoms with van der Waals surface area (Å²) in [7, 11) is 0. The van der Waals surface area contributed by atoms with Crippen LogP contribution in [0.25, 0.3) is 42.0 Å². The van der Waals surface area contributed by atoms with E-state index in [-0.39, 0.29) is 0 Å². The van der Waals surface area contributed by atoms with E-state index in [1.54, 1.807) is 0 Å². The van der Waals surface area contributed by atoms with Crippen LogP contribution in [-0.4, -0.2) is 2.78 Å². The second-order valence-corrected chi connectivity index (χ2v) is 7.28. The van der Waals surface area contributed by atoms with Gasteiger partial charge in [-0.05, 0) is 24.3 Å². The Balaban J connectivity index is 2.20. The summed E-state index contributed by atoms with van der Waals surface area (Å²) < 4.78 is 5.01. The van der Waals surface area contributed by atoms with E-state index >= 15 is 0 Å². The number of thiophene rings is 1. The molecule has 0 aliphatic heterocycles. The molecule has 0 spiro atoms. The Labute approximate surface area is 139 Å². The summed E-state index contributed by atoms with van der Waals surface area (Å²) in [5, 5.41) is 5.50. The van der Waals surface area contributed by atoms with Crippen LogP contribution < -0.4 is 0 Å². The summed E-state index contributed by atoms with van der Waals surface area (Å²) in [5.74, 6) is 0. The molecule has 3 aromatic carbocycles. The van der Waals surface area contributed by atoms with Gasteiger partial charge in [0.05, 0.1) is 33.9 Å². The van der Waals surface area contributed by atoms with Crippen molar-refractivity contribution in [1.82, 2.24) is 2.78 Å². The van der Waals surface area contributed by atoms with Crippen molar-refractivity contribution in [1.29, 1.82) is 0 Å². The van der Waals surface area contributed by atoms with Crippen LogP contribution in [0.2, 0.25) is 0 Å².